The second-order valence-electron chi connectivity index (χ2n) is 4.15. The van der Waals surface area contributed by atoms with Gasteiger partial charge in [0, 0.05) is 18.4 Å². The van der Waals surface area contributed by atoms with Crippen molar-refractivity contribution in [2.45, 2.75) is 19.9 Å². The fourth-order valence-corrected chi connectivity index (χ4v) is 1.96. The number of aliphatic hydroxyl groups is 1. The SMILES string of the molecule is Cc1nn(CCC(=O)NCCO)c2ccccc12. The summed E-state index contributed by atoms with van der Waals surface area (Å²) in [4.78, 5) is 11.5. The van der Waals surface area contributed by atoms with Crippen LogP contribution in [0.3, 0.4) is 0 Å². The normalized spacial score (nSPS) is 10.8. The molecule has 0 saturated carbocycles. The first kappa shape index (κ1) is 12.6. The maximum atomic E-state index is 11.5. The number of aliphatic hydroxyl groups excluding tert-OH is 1. The Morgan fingerprint density at radius 2 is 2.22 bits per heavy atom. The average Bonchev–Trinajstić information content (AvgIpc) is 2.71. The number of aromatic nitrogens is 2. The Morgan fingerprint density at radius 1 is 1.44 bits per heavy atom. The van der Waals surface area contributed by atoms with E-state index in [2.05, 4.69) is 10.4 Å². The van der Waals surface area contributed by atoms with E-state index in [-0.39, 0.29) is 12.5 Å². The minimum absolute atomic E-state index is 0.0322. The number of carbonyl (C=O) groups excluding carboxylic acids is 1. The van der Waals surface area contributed by atoms with Crippen LogP contribution in [0.2, 0.25) is 0 Å². The Morgan fingerprint density at radius 3 is 3.00 bits per heavy atom. The highest BCUT2D eigenvalue weighted by Crippen LogP contribution is 2.17. The summed E-state index contributed by atoms with van der Waals surface area (Å²) in [5.41, 5.74) is 2.02. The molecule has 1 aromatic heterocycles. The van der Waals surface area contributed by atoms with Gasteiger partial charge >= 0.3 is 0 Å². The molecule has 1 heterocycles. The lowest BCUT2D eigenvalue weighted by Crippen LogP contribution is -2.27. The Bertz CT molecular complexity index is 548. The molecule has 2 aromatic rings. The van der Waals surface area contributed by atoms with E-state index in [1.807, 2.05) is 35.9 Å². The van der Waals surface area contributed by atoms with Crippen LogP contribution in [0.25, 0.3) is 10.9 Å². The van der Waals surface area contributed by atoms with E-state index < -0.39 is 0 Å². The molecule has 18 heavy (non-hydrogen) atoms. The highest BCUT2D eigenvalue weighted by molar-refractivity contribution is 5.82. The summed E-state index contributed by atoms with van der Waals surface area (Å²) in [6.07, 6.45) is 0.366. The number of hydrogen-bond donors (Lipinski definition) is 2. The molecule has 96 valence electrons. The van der Waals surface area contributed by atoms with E-state index in [4.69, 9.17) is 5.11 Å². The summed E-state index contributed by atoms with van der Waals surface area (Å²) in [6.45, 7) is 2.78. The van der Waals surface area contributed by atoms with Crippen molar-refractivity contribution in [1.29, 1.82) is 0 Å². The van der Waals surface area contributed by atoms with Gasteiger partial charge in [-0.1, -0.05) is 18.2 Å². The first-order valence-corrected chi connectivity index (χ1v) is 6.02. The molecule has 0 bridgehead atoms. The molecule has 1 aromatic carbocycles. The van der Waals surface area contributed by atoms with Gasteiger partial charge in [-0.05, 0) is 13.0 Å². The third-order valence-electron chi connectivity index (χ3n) is 2.83. The minimum Gasteiger partial charge on any atom is -0.395 e. The maximum Gasteiger partial charge on any atom is 0.221 e. The van der Waals surface area contributed by atoms with Crippen molar-refractivity contribution in [3.05, 3.63) is 30.0 Å². The number of fused-ring (bicyclic) bond motifs is 1. The number of benzene rings is 1. The molecule has 0 fully saturated rings. The lowest BCUT2D eigenvalue weighted by molar-refractivity contribution is -0.121. The van der Waals surface area contributed by atoms with Crippen LogP contribution >= 0.6 is 0 Å². The second kappa shape index (κ2) is 5.64. The van der Waals surface area contributed by atoms with Gasteiger partial charge < -0.3 is 10.4 Å². The minimum atomic E-state index is -0.0683. The van der Waals surface area contributed by atoms with Crippen LogP contribution in [0, 0.1) is 6.92 Å². The molecular weight excluding hydrogens is 230 g/mol. The van der Waals surface area contributed by atoms with Crippen LogP contribution < -0.4 is 5.32 Å². The fraction of sp³-hybridized carbons (Fsp3) is 0.385. The monoisotopic (exact) mass is 247 g/mol. The largest absolute Gasteiger partial charge is 0.395 e. The summed E-state index contributed by atoms with van der Waals surface area (Å²) < 4.78 is 1.85. The summed E-state index contributed by atoms with van der Waals surface area (Å²) in [5, 5.41) is 16.8. The number of aryl methyl sites for hydroxylation is 2. The van der Waals surface area contributed by atoms with Crippen molar-refractivity contribution in [3.8, 4) is 0 Å². The predicted molar refractivity (Wildman–Crippen MR) is 69.2 cm³/mol. The van der Waals surface area contributed by atoms with E-state index >= 15 is 0 Å². The van der Waals surface area contributed by atoms with E-state index in [0.29, 0.717) is 19.5 Å². The molecule has 5 nitrogen and oxygen atoms in total. The zero-order valence-electron chi connectivity index (χ0n) is 10.4. The summed E-state index contributed by atoms with van der Waals surface area (Å²) in [5.74, 6) is -0.0683. The van der Waals surface area contributed by atoms with E-state index in [1.165, 1.54) is 0 Å². The first-order valence-electron chi connectivity index (χ1n) is 6.02. The third-order valence-corrected chi connectivity index (χ3v) is 2.83. The van der Waals surface area contributed by atoms with Gasteiger partial charge in [-0.25, -0.2) is 0 Å². The lowest BCUT2D eigenvalue weighted by atomic mass is 10.2. The molecule has 0 atom stereocenters. The van der Waals surface area contributed by atoms with Crippen LogP contribution in [0.4, 0.5) is 0 Å². The predicted octanol–water partition coefficient (Wildman–Crippen LogP) is 0.843. The summed E-state index contributed by atoms with van der Waals surface area (Å²) >= 11 is 0. The molecule has 2 rings (SSSR count). The van der Waals surface area contributed by atoms with Gasteiger partial charge in [-0.2, -0.15) is 5.10 Å². The van der Waals surface area contributed by atoms with Crippen molar-refractivity contribution in [1.82, 2.24) is 15.1 Å². The summed E-state index contributed by atoms with van der Waals surface area (Å²) in [7, 11) is 0. The molecule has 0 unspecified atom stereocenters. The number of rotatable bonds is 5. The lowest BCUT2D eigenvalue weighted by Gasteiger charge is -2.04. The molecule has 0 saturated heterocycles. The molecule has 1 amide bonds. The Labute approximate surface area is 105 Å². The molecule has 0 spiro atoms. The fourth-order valence-electron chi connectivity index (χ4n) is 1.96. The van der Waals surface area contributed by atoms with Crippen molar-refractivity contribution >= 4 is 16.8 Å². The summed E-state index contributed by atoms with van der Waals surface area (Å²) in [6, 6.07) is 7.97. The second-order valence-corrected chi connectivity index (χ2v) is 4.15. The van der Waals surface area contributed by atoms with Crippen LogP contribution in [-0.2, 0) is 11.3 Å². The first-order chi connectivity index (χ1) is 8.72. The van der Waals surface area contributed by atoms with Gasteiger partial charge in [0.1, 0.15) is 0 Å². The number of para-hydroxylation sites is 1. The Kier molecular flexibility index (Phi) is 3.94. The quantitative estimate of drug-likeness (QED) is 0.823. The van der Waals surface area contributed by atoms with E-state index in [1.54, 1.807) is 0 Å². The van der Waals surface area contributed by atoms with E-state index in [9.17, 15) is 4.79 Å². The molecule has 0 aliphatic carbocycles. The van der Waals surface area contributed by atoms with Crippen molar-refractivity contribution < 1.29 is 9.90 Å². The number of nitrogens with one attached hydrogen (secondary N) is 1. The Balaban J connectivity index is 2.06. The van der Waals surface area contributed by atoms with Gasteiger partial charge in [0.05, 0.1) is 24.4 Å². The van der Waals surface area contributed by atoms with Gasteiger partial charge in [0.2, 0.25) is 5.91 Å². The maximum absolute atomic E-state index is 11.5. The molecule has 0 radical (unpaired) electrons. The average molecular weight is 247 g/mol. The zero-order chi connectivity index (χ0) is 13.0. The van der Waals surface area contributed by atoms with Crippen LogP contribution in [-0.4, -0.2) is 33.9 Å². The van der Waals surface area contributed by atoms with Gasteiger partial charge in [0.15, 0.2) is 0 Å². The number of hydrogen-bond acceptors (Lipinski definition) is 3. The highest BCUT2D eigenvalue weighted by Gasteiger charge is 2.07. The van der Waals surface area contributed by atoms with Crippen LogP contribution in [0.1, 0.15) is 12.1 Å². The zero-order valence-corrected chi connectivity index (χ0v) is 10.4. The van der Waals surface area contributed by atoms with Gasteiger partial charge in [-0.3, -0.25) is 9.48 Å². The molecule has 2 N–H and O–H groups in total. The number of amides is 1. The number of nitrogens with zero attached hydrogens (tertiary/aromatic N) is 2. The van der Waals surface area contributed by atoms with Gasteiger partial charge in [-0.15, -0.1) is 0 Å². The highest BCUT2D eigenvalue weighted by atomic mass is 16.3. The van der Waals surface area contributed by atoms with Crippen LogP contribution in [0.5, 0.6) is 0 Å². The molecule has 0 aliphatic heterocycles. The van der Waals surface area contributed by atoms with Crippen molar-refractivity contribution in [2.24, 2.45) is 0 Å². The third kappa shape index (κ3) is 2.68. The van der Waals surface area contributed by atoms with Crippen molar-refractivity contribution in [3.63, 3.8) is 0 Å². The molecule has 0 aliphatic rings. The topological polar surface area (TPSA) is 67.2 Å². The van der Waals surface area contributed by atoms with Gasteiger partial charge in [0.25, 0.3) is 0 Å². The molecular formula is C13H17N3O2. The number of carbonyl (C=O) groups is 1. The smallest absolute Gasteiger partial charge is 0.221 e. The van der Waals surface area contributed by atoms with E-state index in [0.717, 1.165) is 16.6 Å². The molecule has 5 heteroatoms. The van der Waals surface area contributed by atoms with Crippen LogP contribution in [0.15, 0.2) is 24.3 Å². The Hall–Kier alpha value is -1.88. The van der Waals surface area contributed by atoms with Crippen molar-refractivity contribution in [2.75, 3.05) is 13.2 Å². The standard InChI is InChI=1S/C13H17N3O2/c1-10-11-4-2-3-5-12(11)16(15-10)8-6-13(18)14-7-9-17/h2-5,17H,6-9H2,1H3,(H,14,18).